The fourth-order valence-corrected chi connectivity index (χ4v) is 2.90. The molecule has 0 radical (unpaired) electrons. The Morgan fingerprint density at radius 1 is 1.18 bits per heavy atom. The largest absolute Gasteiger partial charge is 0.338 e. The molecule has 0 saturated heterocycles. The highest BCUT2D eigenvalue weighted by molar-refractivity contribution is 8.00. The topological polar surface area (TPSA) is 20.3 Å². The molecule has 0 unspecified atom stereocenters. The SMILES string of the molecule is CCN(Cc1cccc(F)c1)C(=O)CSc1ccc(C)cc1. The zero-order chi connectivity index (χ0) is 15.9. The normalized spacial score (nSPS) is 10.5. The summed E-state index contributed by atoms with van der Waals surface area (Å²) in [6.45, 7) is 5.04. The molecule has 0 fully saturated rings. The Morgan fingerprint density at radius 3 is 2.55 bits per heavy atom. The van der Waals surface area contributed by atoms with Gasteiger partial charge in [0.15, 0.2) is 0 Å². The monoisotopic (exact) mass is 317 g/mol. The van der Waals surface area contributed by atoms with Gasteiger partial charge in [-0.3, -0.25) is 4.79 Å². The van der Waals surface area contributed by atoms with E-state index in [0.29, 0.717) is 18.8 Å². The van der Waals surface area contributed by atoms with Gasteiger partial charge in [0.05, 0.1) is 5.75 Å². The zero-order valence-electron chi connectivity index (χ0n) is 12.9. The number of hydrogen-bond donors (Lipinski definition) is 0. The first-order valence-electron chi connectivity index (χ1n) is 7.30. The molecule has 2 aromatic carbocycles. The average molecular weight is 317 g/mol. The van der Waals surface area contributed by atoms with E-state index in [2.05, 4.69) is 0 Å². The Kier molecular flexibility index (Phi) is 6.01. The molecule has 22 heavy (non-hydrogen) atoms. The van der Waals surface area contributed by atoms with Gasteiger partial charge in [0.25, 0.3) is 0 Å². The second kappa shape index (κ2) is 7.99. The molecule has 2 nitrogen and oxygen atoms in total. The van der Waals surface area contributed by atoms with Gasteiger partial charge < -0.3 is 4.90 Å². The second-order valence-electron chi connectivity index (χ2n) is 5.14. The minimum absolute atomic E-state index is 0.0670. The molecular weight excluding hydrogens is 297 g/mol. The third-order valence-electron chi connectivity index (χ3n) is 3.38. The van der Waals surface area contributed by atoms with Crippen LogP contribution in [0.5, 0.6) is 0 Å². The number of nitrogens with zero attached hydrogens (tertiary/aromatic N) is 1. The van der Waals surface area contributed by atoms with Gasteiger partial charge in [-0.2, -0.15) is 0 Å². The van der Waals surface area contributed by atoms with E-state index in [9.17, 15) is 9.18 Å². The second-order valence-corrected chi connectivity index (χ2v) is 6.19. The molecule has 2 rings (SSSR count). The van der Waals surface area contributed by atoms with Gasteiger partial charge in [-0.1, -0.05) is 29.8 Å². The van der Waals surface area contributed by atoms with Crippen LogP contribution in [0.15, 0.2) is 53.4 Å². The van der Waals surface area contributed by atoms with Crippen LogP contribution in [0.3, 0.4) is 0 Å². The minimum Gasteiger partial charge on any atom is -0.338 e. The van der Waals surface area contributed by atoms with Crippen molar-refractivity contribution >= 4 is 17.7 Å². The van der Waals surface area contributed by atoms with Crippen molar-refractivity contribution in [2.75, 3.05) is 12.3 Å². The van der Waals surface area contributed by atoms with Crippen molar-refractivity contribution < 1.29 is 9.18 Å². The van der Waals surface area contributed by atoms with Gasteiger partial charge in [-0.05, 0) is 43.7 Å². The van der Waals surface area contributed by atoms with E-state index in [0.717, 1.165) is 10.5 Å². The molecule has 0 aliphatic heterocycles. The number of aryl methyl sites for hydroxylation is 1. The van der Waals surface area contributed by atoms with Crippen molar-refractivity contribution in [2.45, 2.75) is 25.3 Å². The summed E-state index contributed by atoms with van der Waals surface area (Å²) in [6, 6.07) is 14.5. The van der Waals surface area contributed by atoms with E-state index in [1.807, 2.05) is 44.2 Å². The van der Waals surface area contributed by atoms with Crippen molar-refractivity contribution in [3.8, 4) is 0 Å². The number of halogens is 1. The molecule has 0 heterocycles. The Labute approximate surface area is 135 Å². The van der Waals surface area contributed by atoms with Gasteiger partial charge in [-0.15, -0.1) is 11.8 Å². The van der Waals surface area contributed by atoms with E-state index in [4.69, 9.17) is 0 Å². The maximum atomic E-state index is 13.2. The first kappa shape index (κ1) is 16.6. The predicted molar refractivity (Wildman–Crippen MR) is 89.4 cm³/mol. The highest BCUT2D eigenvalue weighted by atomic mass is 32.2. The molecule has 0 aromatic heterocycles. The number of benzene rings is 2. The lowest BCUT2D eigenvalue weighted by atomic mass is 10.2. The Hall–Kier alpha value is -1.81. The lowest BCUT2D eigenvalue weighted by Crippen LogP contribution is -2.31. The molecule has 116 valence electrons. The van der Waals surface area contributed by atoms with Crippen molar-refractivity contribution in [3.05, 3.63) is 65.5 Å². The average Bonchev–Trinajstić information content (AvgIpc) is 2.52. The van der Waals surface area contributed by atoms with Crippen LogP contribution < -0.4 is 0 Å². The third-order valence-corrected chi connectivity index (χ3v) is 4.38. The van der Waals surface area contributed by atoms with Crippen LogP contribution in [0.4, 0.5) is 4.39 Å². The number of carbonyl (C=O) groups is 1. The smallest absolute Gasteiger partial charge is 0.233 e. The summed E-state index contributed by atoms with van der Waals surface area (Å²) < 4.78 is 13.2. The highest BCUT2D eigenvalue weighted by Gasteiger charge is 2.13. The van der Waals surface area contributed by atoms with Crippen molar-refractivity contribution in [2.24, 2.45) is 0 Å². The highest BCUT2D eigenvalue weighted by Crippen LogP contribution is 2.19. The van der Waals surface area contributed by atoms with Crippen LogP contribution in [-0.4, -0.2) is 23.1 Å². The first-order valence-corrected chi connectivity index (χ1v) is 8.28. The summed E-state index contributed by atoms with van der Waals surface area (Å²) >= 11 is 1.53. The predicted octanol–water partition coefficient (Wildman–Crippen LogP) is 4.27. The summed E-state index contributed by atoms with van der Waals surface area (Å²) in [4.78, 5) is 15.1. The van der Waals surface area contributed by atoms with E-state index in [1.54, 1.807) is 11.0 Å². The Bertz CT molecular complexity index is 627. The fraction of sp³-hybridized carbons (Fsp3) is 0.278. The first-order chi connectivity index (χ1) is 10.6. The number of thioether (sulfide) groups is 1. The van der Waals surface area contributed by atoms with Gasteiger partial charge >= 0.3 is 0 Å². The molecule has 1 amide bonds. The lowest BCUT2D eigenvalue weighted by Gasteiger charge is -2.21. The molecule has 0 aliphatic carbocycles. The van der Waals surface area contributed by atoms with Crippen LogP contribution >= 0.6 is 11.8 Å². The molecule has 2 aromatic rings. The van der Waals surface area contributed by atoms with Gasteiger partial charge in [0, 0.05) is 18.0 Å². The molecule has 0 saturated carbocycles. The van der Waals surface area contributed by atoms with Crippen LogP contribution in [0, 0.1) is 12.7 Å². The lowest BCUT2D eigenvalue weighted by molar-refractivity contribution is -0.128. The Balaban J connectivity index is 1.92. The fourth-order valence-electron chi connectivity index (χ4n) is 2.10. The van der Waals surface area contributed by atoms with Crippen LogP contribution in [0.25, 0.3) is 0 Å². The molecule has 4 heteroatoms. The summed E-state index contributed by atoms with van der Waals surface area (Å²) in [7, 11) is 0. The van der Waals surface area contributed by atoms with Gasteiger partial charge in [0.2, 0.25) is 5.91 Å². The van der Waals surface area contributed by atoms with Crippen LogP contribution in [0.2, 0.25) is 0 Å². The minimum atomic E-state index is -0.268. The maximum absolute atomic E-state index is 13.2. The standard InChI is InChI=1S/C18H20FNOS/c1-3-20(12-15-5-4-6-16(19)11-15)18(21)13-22-17-9-7-14(2)8-10-17/h4-11H,3,12-13H2,1-2H3. The molecule has 0 aliphatic rings. The number of rotatable bonds is 6. The maximum Gasteiger partial charge on any atom is 0.233 e. The number of carbonyl (C=O) groups excluding carboxylic acids is 1. The van der Waals surface area contributed by atoms with Crippen LogP contribution in [-0.2, 0) is 11.3 Å². The summed E-state index contributed by atoms with van der Waals surface area (Å²) in [6.07, 6.45) is 0. The van der Waals surface area contributed by atoms with Gasteiger partial charge in [0.1, 0.15) is 5.82 Å². The van der Waals surface area contributed by atoms with Gasteiger partial charge in [-0.25, -0.2) is 4.39 Å². The molecule has 0 bridgehead atoms. The number of hydrogen-bond acceptors (Lipinski definition) is 2. The van der Waals surface area contributed by atoms with E-state index in [-0.39, 0.29) is 11.7 Å². The van der Waals surface area contributed by atoms with Crippen molar-refractivity contribution in [1.29, 1.82) is 0 Å². The van der Waals surface area contributed by atoms with E-state index in [1.165, 1.54) is 29.5 Å². The summed E-state index contributed by atoms with van der Waals surface area (Å²) in [5.41, 5.74) is 2.02. The quantitative estimate of drug-likeness (QED) is 0.741. The van der Waals surface area contributed by atoms with E-state index >= 15 is 0 Å². The number of amides is 1. The zero-order valence-corrected chi connectivity index (χ0v) is 13.7. The van der Waals surface area contributed by atoms with Crippen LogP contribution in [0.1, 0.15) is 18.1 Å². The molecule has 0 spiro atoms. The Morgan fingerprint density at radius 2 is 1.91 bits per heavy atom. The summed E-state index contributed by atoms with van der Waals surface area (Å²) in [5.74, 6) is 0.194. The summed E-state index contributed by atoms with van der Waals surface area (Å²) in [5, 5.41) is 0. The molecule has 0 atom stereocenters. The third kappa shape index (κ3) is 4.88. The van der Waals surface area contributed by atoms with E-state index < -0.39 is 0 Å². The molecule has 0 N–H and O–H groups in total. The van der Waals surface area contributed by atoms with Crippen molar-refractivity contribution in [3.63, 3.8) is 0 Å². The van der Waals surface area contributed by atoms with Crippen molar-refractivity contribution in [1.82, 2.24) is 4.90 Å². The molecular formula is C18H20FNOS.